The molecule has 0 bridgehead atoms. The lowest BCUT2D eigenvalue weighted by atomic mass is 10.2. The molecule has 1 aromatic heterocycles. The molecule has 0 aliphatic rings. The van der Waals surface area contributed by atoms with Crippen LogP contribution in [-0.4, -0.2) is 21.9 Å². The zero-order chi connectivity index (χ0) is 16.8. The third-order valence-electron chi connectivity index (χ3n) is 3.26. The number of nitro groups is 1. The normalized spacial score (nSPS) is 11.6. The van der Waals surface area contributed by atoms with Gasteiger partial charge in [-0.1, -0.05) is 30.3 Å². The van der Waals surface area contributed by atoms with E-state index < -0.39 is 11.0 Å². The number of rotatable bonds is 6. The van der Waals surface area contributed by atoms with Crippen molar-refractivity contribution in [2.24, 2.45) is 0 Å². The molecule has 7 nitrogen and oxygen atoms in total. The van der Waals surface area contributed by atoms with Crippen LogP contribution in [-0.2, 0) is 11.3 Å². The van der Waals surface area contributed by atoms with Crippen molar-refractivity contribution in [3.8, 4) is 0 Å². The number of carbonyl (C=O) groups is 1. The topological polar surface area (TPSA) is 97.2 Å². The Morgan fingerprint density at radius 2 is 2.04 bits per heavy atom. The van der Waals surface area contributed by atoms with E-state index in [1.807, 2.05) is 30.3 Å². The third-order valence-corrected chi connectivity index (χ3v) is 3.26. The van der Waals surface area contributed by atoms with Gasteiger partial charge in [0.1, 0.15) is 6.04 Å². The second-order valence-electron chi connectivity index (χ2n) is 5.21. The number of hydrogen-bond acceptors (Lipinski definition) is 5. The van der Waals surface area contributed by atoms with E-state index in [2.05, 4.69) is 15.6 Å². The van der Waals surface area contributed by atoms with Gasteiger partial charge in [-0.3, -0.25) is 14.9 Å². The molecule has 2 N–H and O–H groups in total. The van der Waals surface area contributed by atoms with Gasteiger partial charge >= 0.3 is 5.69 Å². The van der Waals surface area contributed by atoms with Crippen LogP contribution in [0.25, 0.3) is 0 Å². The van der Waals surface area contributed by atoms with Gasteiger partial charge in [0, 0.05) is 18.8 Å². The number of pyridine rings is 1. The smallest absolute Gasteiger partial charge is 0.311 e. The van der Waals surface area contributed by atoms with E-state index in [1.54, 1.807) is 13.8 Å². The van der Waals surface area contributed by atoms with Crippen molar-refractivity contribution in [1.29, 1.82) is 0 Å². The van der Waals surface area contributed by atoms with Crippen molar-refractivity contribution in [1.82, 2.24) is 10.3 Å². The van der Waals surface area contributed by atoms with Gasteiger partial charge in [0.15, 0.2) is 0 Å². The van der Waals surface area contributed by atoms with Crippen molar-refractivity contribution in [3.05, 3.63) is 63.8 Å². The number of nitrogens with zero attached hydrogens (tertiary/aromatic N) is 2. The first-order valence-electron chi connectivity index (χ1n) is 7.16. The average Bonchev–Trinajstić information content (AvgIpc) is 2.55. The Balaban J connectivity index is 2.00. The summed E-state index contributed by atoms with van der Waals surface area (Å²) < 4.78 is 0. The SMILES string of the molecule is Cc1cnc(NC(C)C(=O)NCc2ccccc2)c([N+](=O)[O-])c1. The van der Waals surface area contributed by atoms with E-state index in [1.165, 1.54) is 12.3 Å². The van der Waals surface area contributed by atoms with E-state index in [-0.39, 0.29) is 17.4 Å². The molecule has 0 saturated carbocycles. The van der Waals surface area contributed by atoms with Gasteiger partial charge in [0.2, 0.25) is 11.7 Å². The second-order valence-corrected chi connectivity index (χ2v) is 5.21. The Kier molecular flexibility index (Phi) is 5.24. The minimum absolute atomic E-state index is 0.0861. The number of nitrogens with one attached hydrogen (secondary N) is 2. The fraction of sp³-hybridized carbons (Fsp3) is 0.250. The first kappa shape index (κ1) is 16.4. The molecular weight excluding hydrogens is 296 g/mol. The van der Waals surface area contributed by atoms with Crippen LogP contribution >= 0.6 is 0 Å². The monoisotopic (exact) mass is 314 g/mol. The lowest BCUT2D eigenvalue weighted by Gasteiger charge is -2.15. The maximum Gasteiger partial charge on any atom is 0.311 e. The van der Waals surface area contributed by atoms with Crippen LogP contribution in [0.5, 0.6) is 0 Å². The summed E-state index contributed by atoms with van der Waals surface area (Å²) in [5.41, 5.74) is 1.52. The Hall–Kier alpha value is -2.96. The van der Waals surface area contributed by atoms with Gasteiger partial charge in [0.25, 0.3) is 0 Å². The van der Waals surface area contributed by atoms with Gasteiger partial charge in [-0.05, 0) is 25.0 Å². The van der Waals surface area contributed by atoms with Crippen molar-refractivity contribution < 1.29 is 9.72 Å². The van der Waals surface area contributed by atoms with Gasteiger partial charge in [-0.2, -0.15) is 0 Å². The third kappa shape index (κ3) is 4.50. The number of carbonyl (C=O) groups excluding carboxylic acids is 1. The van der Waals surface area contributed by atoms with E-state index in [4.69, 9.17) is 0 Å². The number of aromatic nitrogens is 1. The molecule has 2 aromatic rings. The minimum atomic E-state index is -0.646. The van der Waals surface area contributed by atoms with Crippen LogP contribution in [0.2, 0.25) is 0 Å². The first-order chi connectivity index (χ1) is 11.0. The molecule has 1 heterocycles. The minimum Gasteiger partial charge on any atom is -0.353 e. The number of anilines is 1. The van der Waals surface area contributed by atoms with Crippen LogP contribution < -0.4 is 10.6 Å². The molecule has 1 atom stereocenters. The Labute approximate surface area is 133 Å². The van der Waals surface area contributed by atoms with E-state index in [0.717, 1.165) is 5.56 Å². The van der Waals surface area contributed by atoms with E-state index >= 15 is 0 Å². The summed E-state index contributed by atoms with van der Waals surface area (Å²) in [5.74, 6) is -0.173. The first-order valence-corrected chi connectivity index (χ1v) is 7.16. The zero-order valence-corrected chi connectivity index (χ0v) is 12.9. The number of hydrogen-bond donors (Lipinski definition) is 2. The highest BCUT2D eigenvalue weighted by Gasteiger charge is 2.20. The summed E-state index contributed by atoms with van der Waals surface area (Å²) in [6, 6.07) is 10.3. The predicted molar refractivity (Wildman–Crippen MR) is 87.0 cm³/mol. The molecular formula is C16H18N4O3. The van der Waals surface area contributed by atoms with Gasteiger partial charge in [-0.25, -0.2) is 4.98 Å². The van der Waals surface area contributed by atoms with Gasteiger partial charge < -0.3 is 10.6 Å². The van der Waals surface area contributed by atoms with Crippen molar-refractivity contribution in [2.45, 2.75) is 26.4 Å². The molecule has 0 aliphatic carbocycles. The molecule has 2 rings (SSSR count). The fourth-order valence-electron chi connectivity index (χ4n) is 2.01. The largest absolute Gasteiger partial charge is 0.353 e. The summed E-state index contributed by atoms with van der Waals surface area (Å²) in [6.45, 7) is 3.75. The fourth-order valence-corrected chi connectivity index (χ4v) is 2.01. The van der Waals surface area contributed by atoms with Crippen molar-refractivity contribution in [3.63, 3.8) is 0 Å². The van der Waals surface area contributed by atoms with Crippen LogP contribution in [0.4, 0.5) is 11.5 Å². The van der Waals surface area contributed by atoms with E-state index in [0.29, 0.717) is 12.1 Å². The molecule has 0 fully saturated rings. The Bertz CT molecular complexity index is 704. The van der Waals surface area contributed by atoms with Gasteiger partial charge in [0.05, 0.1) is 4.92 Å². The summed E-state index contributed by atoms with van der Waals surface area (Å²) in [7, 11) is 0. The highest BCUT2D eigenvalue weighted by molar-refractivity contribution is 5.84. The summed E-state index contributed by atoms with van der Waals surface area (Å²) in [4.78, 5) is 26.6. The zero-order valence-electron chi connectivity index (χ0n) is 12.9. The summed E-state index contributed by atoms with van der Waals surface area (Å²) in [6.07, 6.45) is 1.52. The molecule has 0 spiro atoms. The molecule has 0 radical (unpaired) electrons. The molecule has 23 heavy (non-hydrogen) atoms. The van der Waals surface area contributed by atoms with Crippen LogP contribution in [0.1, 0.15) is 18.1 Å². The van der Waals surface area contributed by atoms with Crippen molar-refractivity contribution >= 4 is 17.4 Å². The number of benzene rings is 1. The molecule has 1 amide bonds. The highest BCUT2D eigenvalue weighted by Crippen LogP contribution is 2.23. The molecule has 7 heteroatoms. The number of aryl methyl sites for hydroxylation is 1. The molecule has 120 valence electrons. The van der Waals surface area contributed by atoms with E-state index in [9.17, 15) is 14.9 Å². The quantitative estimate of drug-likeness (QED) is 0.630. The average molecular weight is 314 g/mol. The predicted octanol–water partition coefficient (Wildman–Crippen LogP) is 2.42. The standard InChI is InChI=1S/C16H18N4O3/c1-11-8-14(20(22)23)15(17-9-11)19-12(2)16(21)18-10-13-6-4-3-5-7-13/h3-9,12H,10H2,1-2H3,(H,17,19)(H,18,21). The van der Waals surface area contributed by atoms with Crippen LogP contribution in [0.3, 0.4) is 0 Å². The Morgan fingerprint density at radius 1 is 1.35 bits per heavy atom. The maximum atomic E-state index is 12.1. The van der Waals surface area contributed by atoms with Crippen LogP contribution in [0.15, 0.2) is 42.6 Å². The van der Waals surface area contributed by atoms with Crippen LogP contribution in [0, 0.1) is 17.0 Å². The lowest BCUT2D eigenvalue weighted by Crippen LogP contribution is -2.37. The molecule has 0 saturated heterocycles. The molecule has 1 unspecified atom stereocenters. The number of amides is 1. The second kappa shape index (κ2) is 7.35. The molecule has 1 aromatic carbocycles. The maximum absolute atomic E-state index is 12.1. The summed E-state index contributed by atoms with van der Waals surface area (Å²) >= 11 is 0. The molecule has 0 aliphatic heterocycles. The highest BCUT2D eigenvalue weighted by atomic mass is 16.6. The van der Waals surface area contributed by atoms with Gasteiger partial charge in [-0.15, -0.1) is 0 Å². The lowest BCUT2D eigenvalue weighted by molar-refractivity contribution is -0.384. The summed E-state index contributed by atoms with van der Waals surface area (Å²) in [5, 5.41) is 16.6. The Morgan fingerprint density at radius 3 is 2.70 bits per heavy atom. The van der Waals surface area contributed by atoms with Crippen molar-refractivity contribution in [2.75, 3.05) is 5.32 Å².